The summed E-state index contributed by atoms with van der Waals surface area (Å²) in [5.74, 6) is 1.04. The van der Waals surface area contributed by atoms with Crippen molar-refractivity contribution in [2.45, 2.75) is 25.8 Å². The number of hydrogen-bond acceptors (Lipinski definition) is 4. The fourth-order valence-corrected chi connectivity index (χ4v) is 2.52. The number of methoxy groups -OCH3 is 1. The highest BCUT2D eigenvalue weighted by molar-refractivity contribution is 5.77. The fraction of sp³-hybridized carbons (Fsp3) is 0.562. The zero-order valence-electron chi connectivity index (χ0n) is 12.9. The first-order valence-electron chi connectivity index (χ1n) is 7.56. The normalized spacial score (nSPS) is 16.7. The quantitative estimate of drug-likeness (QED) is 0.892. The Kier molecular flexibility index (Phi) is 5.44. The Morgan fingerprint density at radius 3 is 2.67 bits per heavy atom. The van der Waals surface area contributed by atoms with Crippen LogP contribution in [0, 0.1) is 0 Å². The summed E-state index contributed by atoms with van der Waals surface area (Å²) >= 11 is 0. The molecule has 1 saturated heterocycles. The molecule has 2 N–H and O–H groups in total. The molecule has 116 valence electrons. The third-order valence-electron chi connectivity index (χ3n) is 4.01. The molecule has 0 radical (unpaired) electrons. The second-order valence-corrected chi connectivity index (χ2v) is 5.44. The van der Waals surface area contributed by atoms with E-state index in [4.69, 9.17) is 10.5 Å². The van der Waals surface area contributed by atoms with E-state index in [1.165, 1.54) is 0 Å². The Morgan fingerprint density at radius 1 is 1.33 bits per heavy atom. The van der Waals surface area contributed by atoms with Gasteiger partial charge in [-0.2, -0.15) is 0 Å². The van der Waals surface area contributed by atoms with Crippen molar-refractivity contribution in [3.8, 4) is 5.75 Å². The summed E-state index contributed by atoms with van der Waals surface area (Å²) < 4.78 is 5.26. The SMILES string of the molecule is CCC(N)CC(=O)N1CCN(c2cccc(OC)c2)CC1. The van der Waals surface area contributed by atoms with Gasteiger partial charge in [0.1, 0.15) is 5.75 Å². The smallest absolute Gasteiger partial charge is 0.224 e. The molecule has 1 aromatic carbocycles. The Labute approximate surface area is 126 Å². The van der Waals surface area contributed by atoms with Crippen molar-refractivity contribution in [1.82, 2.24) is 4.90 Å². The van der Waals surface area contributed by atoms with E-state index in [-0.39, 0.29) is 11.9 Å². The molecule has 1 unspecified atom stereocenters. The predicted molar refractivity (Wildman–Crippen MR) is 84.7 cm³/mol. The first kappa shape index (κ1) is 15.6. The summed E-state index contributed by atoms with van der Waals surface area (Å²) in [6, 6.07) is 8.02. The minimum atomic E-state index is -0.0195. The number of amides is 1. The highest BCUT2D eigenvalue weighted by Gasteiger charge is 2.22. The molecule has 5 heteroatoms. The second kappa shape index (κ2) is 7.31. The molecule has 1 amide bonds. The molecule has 0 saturated carbocycles. The van der Waals surface area contributed by atoms with Crippen LogP contribution in [-0.4, -0.2) is 50.1 Å². The molecule has 0 spiro atoms. The van der Waals surface area contributed by atoms with Gasteiger partial charge in [0.25, 0.3) is 0 Å². The van der Waals surface area contributed by atoms with Gasteiger partial charge in [-0.15, -0.1) is 0 Å². The monoisotopic (exact) mass is 291 g/mol. The molecular formula is C16H25N3O2. The fourth-order valence-electron chi connectivity index (χ4n) is 2.52. The maximum absolute atomic E-state index is 12.1. The first-order valence-corrected chi connectivity index (χ1v) is 7.56. The van der Waals surface area contributed by atoms with Crippen molar-refractivity contribution in [3.63, 3.8) is 0 Å². The van der Waals surface area contributed by atoms with Crippen molar-refractivity contribution in [2.24, 2.45) is 5.73 Å². The number of rotatable bonds is 5. The average molecular weight is 291 g/mol. The van der Waals surface area contributed by atoms with E-state index >= 15 is 0 Å². The van der Waals surface area contributed by atoms with Gasteiger partial charge in [0.2, 0.25) is 5.91 Å². The van der Waals surface area contributed by atoms with Crippen LogP contribution in [0.4, 0.5) is 5.69 Å². The molecular weight excluding hydrogens is 266 g/mol. The Hall–Kier alpha value is -1.75. The minimum Gasteiger partial charge on any atom is -0.497 e. The molecule has 0 aliphatic carbocycles. The van der Waals surface area contributed by atoms with Crippen LogP contribution in [0.15, 0.2) is 24.3 Å². The van der Waals surface area contributed by atoms with E-state index in [0.717, 1.165) is 44.0 Å². The standard InChI is InChI=1S/C16H25N3O2/c1-3-13(17)11-16(20)19-9-7-18(8-10-19)14-5-4-6-15(12-14)21-2/h4-6,12-13H,3,7-11,17H2,1-2H3. The number of nitrogens with zero attached hydrogens (tertiary/aromatic N) is 2. The lowest BCUT2D eigenvalue weighted by atomic mass is 10.1. The van der Waals surface area contributed by atoms with Crippen molar-refractivity contribution in [2.75, 3.05) is 38.2 Å². The predicted octanol–water partition coefficient (Wildman–Crippen LogP) is 1.47. The van der Waals surface area contributed by atoms with Gasteiger partial charge in [-0.3, -0.25) is 4.79 Å². The van der Waals surface area contributed by atoms with Crippen molar-refractivity contribution < 1.29 is 9.53 Å². The van der Waals surface area contributed by atoms with E-state index < -0.39 is 0 Å². The summed E-state index contributed by atoms with van der Waals surface area (Å²) in [6.45, 7) is 5.22. The molecule has 1 fully saturated rings. The third-order valence-corrected chi connectivity index (χ3v) is 4.01. The highest BCUT2D eigenvalue weighted by atomic mass is 16.5. The second-order valence-electron chi connectivity index (χ2n) is 5.44. The van der Waals surface area contributed by atoms with Gasteiger partial charge in [-0.05, 0) is 18.6 Å². The summed E-state index contributed by atoms with van der Waals surface area (Å²) in [6.07, 6.45) is 1.30. The van der Waals surface area contributed by atoms with Crippen LogP contribution >= 0.6 is 0 Å². The Bertz CT molecular complexity index is 470. The molecule has 1 aliphatic heterocycles. The summed E-state index contributed by atoms with van der Waals surface area (Å²) in [7, 11) is 1.67. The van der Waals surface area contributed by atoms with E-state index in [2.05, 4.69) is 11.0 Å². The molecule has 0 bridgehead atoms. The topological polar surface area (TPSA) is 58.8 Å². The van der Waals surface area contributed by atoms with E-state index in [9.17, 15) is 4.79 Å². The van der Waals surface area contributed by atoms with Crippen molar-refractivity contribution >= 4 is 11.6 Å². The minimum absolute atomic E-state index is 0.0195. The van der Waals surface area contributed by atoms with Crippen LogP contribution < -0.4 is 15.4 Å². The zero-order valence-corrected chi connectivity index (χ0v) is 12.9. The van der Waals surface area contributed by atoms with Gasteiger partial charge >= 0.3 is 0 Å². The zero-order chi connectivity index (χ0) is 15.2. The van der Waals surface area contributed by atoms with Gasteiger partial charge in [0.05, 0.1) is 7.11 Å². The van der Waals surface area contributed by atoms with Gasteiger partial charge in [0.15, 0.2) is 0 Å². The maximum Gasteiger partial charge on any atom is 0.224 e. The number of carbonyl (C=O) groups excluding carboxylic acids is 1. The van der Waals surface area contributed by atoms with E-state index in [1.807, 2.05) is 30.0 Å². The van der Waals surface area contributed by atoms with Crippen molar-refractivity contribution in [1.29, 1.82) is 0 Å². The van der Waals surface area contributed by atoms with Crippen molar-refractivity contribution in [3.05, 3.63) is 24.3 Å². The van der Waals surface area contributed by atoms with Gasteiger partial charge in [-0.25, -0.2) is 0 Å². The average Bonchev–Trinajstić information content (AvgIpc) is 2.54. The summed E-state index contributed by atoms with van der Waals surface area (Å²) in [4.78, 5) is 16.3. The van der Waals surface area contributed by atoms with Gasteiger partial charge < -0.3 is 20.3 Å². The number of anilines is 1. The molecule has 2 rings (SSSR count). The Morgan fingerprint density at radius 2 is 2.05 bits per heavy atom. The first-order chi connectivity index (χ1) is 10.1. The molecule has 1 aliphatic rings. The lowest BCUT2D eigenvalue weighted by molar-refractivity contribution is -0.131. The molecule has 1 heterocycles. The maximum atomic E-state index is 12.1. The number of ether oxygens (including phenoxy) is 1. The largest absolute Gasteiger partial charge is 0.497 e. The van der Waals surface area contributed by atoms with Crippen LogP contribution in [0.1, 0.15) is 19.8 Å². The van der Waals surface area contributed by atoms with Gasteiger partial charge in [-0.1, -0.05) is 13.0 Å². The lowest BCUT2D eigenvalue weighted by Crippen LogP contribution is -2.49. The summed E-state index contributed by atoms with van der Waals surface area (Å²) in [5.41, 5.74) is 7.00. The van der Waals surface area contributed by atoms with Gasteiger partial charge in [0, 0.05) is 50.4 Å². The van der Waals surface area contributed by atoms with Crippen LogP contribution in [-0.2, 0) is 4.79 Å². The summed E-state index contributed by atoms with van der Waals surface area (Å²) in [5, 5.41) is 0. The third kappa shape index (κ3) is 4.11. The van der Waals surface area contributed by atoms with E-state index in [1.54, 1.807) is 7.11 Å². The van der Waals surface area contributed by atoms with Crippen LogP contribution in [0.5, 0.6) is 5.75 Å². The number of piperazine rings is 1. The molecule has 5 nitrogen and oxygen atoms in total. The van der Waals surface area contributed by atoms with Crippen LogP contribution in [0.25, 0.3) is 0 Å². The molecule has 1 atom stereocenters. The molecule has 0 aromatic heterocycles. The Balaban J connectivity index is 1.89. The van der Waals surface area contributed by atoms with Crippen LogP contribution in [0.2, 0.25) is 0 Å². The van der Waals surface area contributed by atoms with Crippen LogP contribution in [0.3, 0.4) is 0 Å². The number of carbonyl (C=O) groups is 1. The molecule has 21 heavy (non-hydrogen) atoms. The molecule has 1 aromatic rings. The van der Waals surface area contributed by atoms with E-state index in [0.29, 0.717) is 6.42 Å². The number of hydrogen-bond donors (Lipinski definition) is 1. The number of nitrogens with two attached hydrogens (primary N) is 1. The number of benzene rings is 1. The highest BCUT2D eigenvalue weighted by Crippen LogP contribution is 2.22. The lowest BCUT2D eigenvalue weighted by Gasteiger charge is -2.36.